The molecule has 3 unspecified atom stereocenters. The molecular formula is C33H44FN3O9. The molecule has 13 heteroatoms. The summed E-state index contributed by atoms with van der Waals surface area (Å²) in [4.78, 5) is 52.8. The number of amides is 2. The number of carbonyl (C=O) groups is 3. The molecular weight excluding hydrogens is 601 g/mol. The molecule has 1 N–H and O–H groups in total. The number of rotatable bonds is 12. The Morgan fingerprint density at radius 3 is 2.30 bits per heavy atom. The van der Waals surface area contributed by atoms with Crippen LogP contribution in [-0.2, 0) is 28.6 Å². The molecule has 0 radical (unpaired) electrons. The average Bonchev–Trinajstić information content (AvgIpc) is 2.93. The smallest absolute Gasteiger partial charge is 0.308 e. The van der Waals surface area contributed by atoms with Crippen molar-refractivity contribution in [1.82, 2.24) is 4.90 Å². The number of hydrogen-bond donors (Lipinski definition) is 1. The van der Waals surface area contributed by atoms with Gasteiger partial charge >= 0.3 is 5.97 Å². The fraction of sp³-hybridized carbons (Fsp3) is 0.545. The summed E-state index contributed by atoms with van der Waals surface area (Å²) in [5.74, 6) is -3.40. The van der Waals surface area contributed by atoms with E-state index < -0.39 is 63.9 Å². The topological polar surface area (TPSA) is 147 Å². The minimum atomic E-state index is -1.28. The summed E-state index contributed by atoms with van der Waals surface area (Å²) in [5, 5.41) is 14.4. The van der Waals surface area contributed by atoms with Crippen molar-refractivity contribution < 1.29 is 42.6 Å². The summed E-state index contributed by atoms with van der Waals surface area (Å²) in [7, 11) is 1.36. The molecule has 0 aromatic heterocycles. The van der Waals surface area contributed by atoms with Crippen molar-refractivity contribution in [3.63, 3.8) is 0 Å². The maximum Gasteiger partial charge on any atom is 0.308 e. The highest BCUT2D eigenvalue weighted by atomic mass is 19.1. The van der Waals surface area contributed by atoms with Gasteiger partial charge in [0.1, 0.15) is 28.9 Å². The molecule has 0 bridgehead atoms. The van der Waals surface area contributed by atoms with Gasteiger partial charge in [-0.3, -0.25) is 24.5 Å². The van der Waals surface area contributed by atoms with Gasteiger partial charge in [-0.05, 0) is 70.9 Å². The Balaban J connectivity index is 1.93. The molecule has 1 saturated heterocycles. The molecule has 1 aliphatic heterocycles. The van der Waals surface area contributed by atoms with Crippen molar-refractivity contribution in [3.8, 4) is 5.75 Å². The van der Waals surface area contributed by atoms with Crippen LogP contribution < -0.4 is 10.1 Å². The molecule has 3 atom stereocenters. The molecule has 46 heavy (non-hydrogen) atoms. The lowest BCUT2D eigenvalue weighted by molar-refractivity contribution is -0.384. The van der Waals surface area contributed by atoms with Gasteiger partial charge < -0.3 is 29.2 Å². The van der Waals surface area contributed by atoms with Crippen LogP contribution in [0.2, 0.25) is 0 Å². The van der Waals surface area contributed by atoms with E-state index >= 15 is 0 Å². The van der Waals surface area contributed by atoms with E-state index in [0.29, 0.717) is 12.0 Å². The largest absolute Gasteiger partial charge is 0.496 e. The Labute approximate surface area is 268 Å². The minimum absolute atomic E-state index is 0.0104. The molecule has 1 aliphatic rings. The molecule has 12 nitrogen and oxygen atoms in total. The Morgan fingerprint density at radius 1 is 1.11 bits per heavy atom. The first kappa shape index (κ1) is 36.4. The zero-order valence-electron chi connectivity index (χ0n) is 27.6. The van der Waals surface area contributed by atoms with Gasteiger partial charge in [0, 0.05) is 18.9 Å². The van der Waals surface area contributed by atoms with E-state index in [9.17, 15) is 28.9 Å². The van der Waals surface area contributed by atoms with E-state index in [2.05, 4.69) is 5.32 Å². The highest BCUT2D eigenvalue weighted by molar-refractivity contribution is 5.99. The van der Waals surface area contributed by atoms with E-state index in [1.807, 2.05) is 0 Å². The SMILES string of the molecule is COc1ccc(NC(=O)C(c2ccc(F)cc2)N(CCC2CC(CC(=O)OC(C)(C)C)OC(C)(C)O2)C(=O)C(C)C)c([N+](=O)[O-])c1. The lowest BCUT2D eigenvalue weighted by Gasteiger charge is -2.42. The van der Waals surface area contributed by atoms with E-state index in [1.165, 1.54) is 54.5 Å². The number of carbonyl (C=O) groups excluding carboxylic acids is 3. The number of benzene rings is 2. The van der Waals surface area contributed by atoms with Crippen molar-refractivity contribution in [1.29, 1.82) is 0 Å². The number of esters is 1. The Bertz CT molecular complexity index is 1410. The first-order valence-corrected chi connectivity index (χ1v) is 15.2. The van der Waals surface area contributed by atoms with Crippen LogP contribution in [-0.4, -0.2) is 64.9 Å². The number of anilines is 1. The number of ether oxygens (including phenoxy) is 4. The number of methoxy groups -OCH3 is 1. The summed E-state index contributed by atoms with van der Waals surface area (Å²) in [6.07, 6.45) is -0.360. The number of nitrogens with zero attached hydrogens (tertiary/aromatic N) is 2. The van der Waals surface area contributed by atoms with Crippen LogP contribution in [0.5, 0.6) is 5.75 Å². The van der Waals surface area contributed by atoms with Crippen LogP contribution in [0.25, 0.3) is 0 Å². The number of nitro benzene ring substituents is 1. The average molecular weight is 646 g/mol. The van der Waals surface area contributed by atoms with Crippen molar-refractivity contribution in [2.24, 2.45) is 5.92 Å². The summed E-state index contributed by atoms with van der Waals surface area (Å²) < 4.78 is 36.7. The third-order valence-corrected chi connectivity index (χ3v) is 7.12. The third-order valence-electron chi connectivity index (χ3n) is 7.12. The minimum Gasteiger partial charge on any atom is -0.496 e. The van der Waals surface area contributed by atoms with Gasteiger partial charge in [0.15, 0.2) is 5.79 Å². The van der Waals surface area contributed by atoms with Crippen LogP contribution in [0.15, 0.2) is 42.5 Å². The molecule has 0 saturated carbocycles. The first-order valence-electron chi connectivity index (χ1n) is 15.2. The maximum atomic E-state index is 14.0. The number of halogens is 1. The molecule has 2 aromatic rings. The molecule has 1 fully saturated rings. The van der Waals surface area contributed by atoms with Crippen LogP contribution in [0.4, 0.5) is 15.8 Å². The predicted molar refractivity (Wildman–Crippen MR) is 167 cm³/mol. The maximum absolute atomic E-state index is 14.0. The van der Waals surface area contributed by atoms with Crippen molar-refractivity contribution in [3.05, 3.63) is 64.0 Å². The molecule has 252 valence electrons. The van der Waals surface area contributed by atoms with Gasteiger partial charge in [-0.2, -0.15) is 0 Å². The predicted octanol–water partition coefficient (Wildman–Crippen LogP) is 5.94. The Morgan fingerprint density at radius 2 is 1.74 bits per heavy atom. The monoisotopic (exact) mass is 645 g/mol. The zero-order chi connectivity index (χ0) is 34.4. The molecule has 1 heterocycles. The lowest BCUT2D eigenvalue weighted by atomic mass is 9.99. The number of nitrogens with one attached hydrogen (secondary N) is 1. The van der Waals surface area contributed by atoms with Gasteiger partial charge in [-0.1, -0.05) is 26.0 Å². The van der Waals surface area contributed by atoms with E-state index in [0.717, 1.165) is 0 Å². The summed E-state index contributed by atoms with van der Waals surface area (Å²) in [6, 6.07) is 7.85. The van der Waals surface area contributed by atoms with Crippen LogP contribution >= 0.6 is 0 Å². The second kappa shape index (κ2) is 15.0. The quantitative estimate of drug-likeness (QED) is 0.168. The third kappa shape index (κ3) is 10.2. The van der Waals surface area contributed by atoms with Gasteiger partial charge in [-0.15, -0.1) is 0 Å². The Kier molecular flexibility index (Phi) is 11.9. The van der Waals surface area contributed by atoms with E-state index in [1.54, 1.807) is 48.5 Å². The highest BCUT2D eigenvalue weighted by Gasteiger charge is 2.39. The van der Waals surface area contributed by atoms with Crippen molar-refractivity contribution in [2.75, 3.05) is 19.0 Å². The number of nitro groups is 1. The first-order chi connectivity index (χ1) is 21.4. The van der Waals surface area contributed by atoms with Crippen LogP contribution in [0.3, 0.4) is 0 Å². The second-order valence-electron chi connectivity index (χ2n) is 13.0. The van der Waals surface area contributed by atoms with Gasteiger partial charge in [-0.25, -0.2) is 4.39 Å². The number of hydrogen-bond acceptors (Lipinski definition) is 9. The zero-order valence-corrected chi connectivity index (χ0v) is 27.6. The Hall–Kier alpha value is -4.10. The summed E-state index contributed by atoms with van der Waals surface area (Å²) >= 11 is 0. The molecule has 2 aromatic carbocycles. The fourth-order valence-electron chi connectivity index (χ4n) is 5.29. The van der Waals surface area contributed by atoms with Crippen molar-refractivity contribution in [2.45, 2.75) is 97.4 Å². The lowest BCUT2D eigenvalue weighted by Crippen LogP contribution is -2.48. The van der Waals surface area contributed by atoms with Crippen LogP contribution in [0.1, 0.15) is 79.3 Å². The highest BCUT2D eigenvalue weighted by Crippen LogP contribution is 2.34. The molecule has 3 rings (SSSR count). The second-order valence-corrected chi connectivity index (χ2v) is 13.0. The molecule has 0 spiro atoms. The van der Waals surface area contributed by atoms with E-state index in [4.69, 9.17) is 18.9 Å². The van der Waals surface area contributed by atoms with Gasteiger partial charge in [0.2, 0.25) is 5.91 Å². The fourth-order valence-corrected chi connectivity index (χ4v) is 5.29. The molecule has 2 amide bonds. The van der Waals surface area contributed by atoms with Gasteiger partial charge in [0.05, 0.1) is 36.7 Å². The standard InChI is InChI=1S/C33H44FN3O9/c1-20(2)31(40)36(16-15-24-17-25(45-33(6,7)44-24)19-28(38)46-32(3,4)5)29(21-9-11-22(34)12-10-21)30(39)35-26-14-13-23(43-8)18-27(26)37(41)42/h9-14,18,20,24-25,29H,15-17,19H2,1-8H3,(H,35,39). The normalized spacial score (nSPS) is 18.4. The molecule has 0 aliphatic carbocycles. The van der Waals surface area contributed by atoms with E-state index in [-0.39, 0.29) is 36.7 Å². The summed E-state index contributed by atoms with van der Waals surface area (Å²) in [6.45, 7) is 12.2. The van der Waals surface area contributed by atoms with Crippen molar-refractivity contribution >= 4 is 29.2 Å². The summed E-state index contributed by atoms with van der Waals surface area (Å²) in [5.41, 5.74) is -0.850. The van der Waals surface area contributed by atoms with Crippen LogP contribution in [0, 0.1) is 21.8 Å². The van der Waals surface area contributed by atoms with Gasteiger partial charge in [0.25, 0.3) is 11.6 Å².